The zero-order chi connectivity index (χ0) is 23.5. The van der Waals surface area contributed by atoms with Crippen LogP contribution in [0.2, 0.25) is 0 Å². The van der Waals surface area contributed by atoms with Crippen molar-refractivity contribution in [3.05, 3.63) is 78.6 Å². The van der Waals surface area contributed by atoms with E-state index < -0.39 is 21.9 Å². The minimum atomic E-state index is -4.87. The van der Waals surface area contributed by atoms with Gasteiger partial charge in [0.25, 0.3) is 0 Å². The van der Waals surface area contributed by atoms with Gasteiger partial charge < -0.3 is 4.74 Å². The summed E-state index contributed by atoms with van der Waals surface area (Å²) in [4.78, 5) is 6.07. The van der Waals surface area contributed by atoms with E-state index in [-0.39, 0.29) is 16.6 Å². The van der Waals surface area contributed by atoms with Crippen LogP contribution in [0.5, 0.6) is 5.75 Å². The van der Waals surface area contributed by atoms with E-state index in [1.165, 1.54) is 12.1 Å². The third-order valence-corrected chi connectivity index (χ3v) is 7.48. The van der Waals surface area contributed by atoms with Gasteiger partial charge in [-0.1, -0.05) is 30.3 Å². The molecule has 1 fully saturated rings. The third kappa shape index (κ3) is 6.33. The van der Waals surface area contributed by atoms with Gasteiger partial charge in [0.2, 0.25) is 0 Å². The maximum atomic E-state index is 12.8. The first-order valence-corrected chi connectivity index (χ1v) is 12.1. The van der Waals surface area contributed by atoms with Gasteiger partial charge >= 0.3 is 6.36 Å². The van der Waals surface area contributed by atoms with Crippen LogP contribution in [0.4, 0.5) is 13.2 Å². The molecule has 2 heterocycles. The summed E-state index contributed by atoms with van der Waals surface area (Å²) in [5.41, 5.74) is 3.32. The molecule has 0 unspecified atom stereocenters. The van der Waals surface area contributed by atoms with Crippen molar-refractivity contribution in [2.75, 3.05) is 18.8 Å². The zero-order valence-electron chi connectivity index (χ0n) is 17.7. The summed E-state index contributed by atoms with van der Waals surface area (Å²) in [6, 6.07) is 16.7. The predicted molar refractivity (Wildman–Crippen MR) is 118 cm³/mol. The van der Waals surface area contributed by atoms with E-state index in [0.717, 1.165) is 35.4 Å². The molecule has 174 valence electrons. The number of hydrogen-bond donors (Lipinski definition) is 0. The van der Waals surface area contributed by atoms with E-state index in [9.17, 15) is 21.6 Å². The molecule has 1 aromatic heterocycles. The maximum Gasteiger partial charge on any atom is 0.573 e. The Morgan fingerprint density at radius 2 is 1.70 bits per heavy atom. The van der Waals surface area contributed by atoms with E-state index in [4.69, 9.17) is 0 Å². The van der Waals surface area contributed by atoms with Crippen molar-refractivity contribution in [2.24, 2.45) is 5.92 Å². The molecule has 1 aliphatic heterocycles. The van der Waals surface area contributed by atoms with Crippen molar-refractivity contribution in [2.45, 2.75) is 24.2 Å². The molecule has 5 nitrogen and oxygen atoms in total. The van der Waals surface area contributed by atoms with Gasteiger partial charge in [0.1, 0.15) is 5.75 Å². The van der Waals surface area contributed by atoms with Crippen LogP contribution in [0.3, 0.4) is 0 Å². The van der Waals surface area contributed by atoms with Gasteiger partial charge in [0.15, 0.2) is 9.84 Å². The smallest absolute Gasteiger partial charge is 0.406 e. The van der Waals surface area contributed by atoms with Crippen molar-refractivity contribution in [1.82, 2.24) is 9.88 Å². The average Bonchev–Trinajstić information content (AvgIpc) is 3.20. The first-order valence-electron chi connectivity index (χ1n) is 10.5. The van der Waals surface area contributed by atoms with Crippen molar-refractivity contribution in [3.63, 3.8) is 0 Å². The Hall–Kier alpha value is -2.91. The highest BCUT2D eigenvalue weighted by Crippen LogP contribution is 2.28. The van der Waals surface area contributed by atoms with Crippen molar-refractivity contribution >= 4 is 9.84 Å². The molecular weight excluding hydrogens is 453 g/mol. The summed E-state index contributed by atoms with van der Waals surface area (Å²) in [6.45, 7) is 2.09. The van der Waals surface area contributed by atoms with Gasteiger partial charge in [-0.2, -0.15) is 0 Å². The van der Waals surface area contributed by atoms with Gasteiger partial charge in [-0.05, 0) is 65.9 Å². The van der Waals surface area contributed by atoms with Crippen LogP contribution in [-0.2, 0) is 16.4 Å². The SMILES string of the molecule is O=S(=O)(C[C@@H]1CCN(Cc2ccc(-c3ccncc3)cc2)C1)c1cccc(OC(F)(F)F)c1. The lowest BCUT2D eigenvalue weighted by Gasteiger charge is -2.17. The van der Waals surface area contributed by atoms with Crippen LogP contribution in [0.25, 0.3) is 11.1 Å². The fourth-order valence-corrected chi connectivity index (χ4v) is 5.74. The molecule has 9 heteroatoms. The molecule has 3 aromatic rings. The molecule has 4 rings (SSSR count). The number of benzene rings is 2. The quantitative estimate of drug-likeness (QED) is 0.483. The fraction of sp³-hybridized carbons (Fsp3) is 0.292. The average molecular weight is 477 g/mol. The predicted octanol–water partition coefficient (Wildman–Crippen LogP) is 4.94. The first-order chi connectivity index (χ1) is 15.7. The summed E-state index contributed by atoms with van der Waals surface area (Å²) in [7, 11) is -3.73. The molecule has 0 saturated carbocycles. The lowest BCUT2D eigenvalue weighted by atomic mass is 10.1. The second-order valence-electron chi connectivity index (χ2n) is 8.13. The molecule has 0 amide bonds. The van der Waals surface area contributed by atoms with E-state index in [0.29, 0.717) is 19.5 Å². The number of ether oxygens (including phenoxy) is 1. The van der Waals surface area contributed by atoms with Crippen molar-refractivity contribution in [3.8, 4) is 16.9 Å². The van der Waals surface area contributed by atoms with Crippen LogP contribution in [0.1, 0.15) is 12.0 Å². The minimum absolute atomic E-state index is 0.0849. The second-order valence-corrected chi connectivity index (χ2v) is 10.2. The number of alkyl halides is 3. The summed E-state index contributed by atoms with van der Waals surface area (Å²) >= 11 is 0. The highest BCUT2D eigenvalue weighted by atomic mass is 32.2. The third-order valence-electron chi connectivity index (χ3n) is 5.60. The molecule has 0 bridgehead atoms. The Kier molecular flexibility index (Phi) is 6.71. The number of aromatic nitrogens is 1. The van der Waals surface area contributed by atoms with Crippen LogP contribution < -0.4 is 4.74 Å². The monoisotopic (exact) mass is 476 g/mol. The number of hydrogen-bond acceptors (Lipinski definition) is 5. The largest absolute Gasteiger partial charge is 0.573 e. The molecule has 0 spiro atoms. The number of rotatable bonds is 7. The summed E-state index contributed by atoms with van der Waals surface area (Å²) in [5, 5.41) is 0. The van der Waals surface area contributed by atoms with Crippen LogP contribution in [-0.4, -0.2) is 43.5 Å². The molecule has 0 N–H and O–H groups in total. The van der Waals surface area contributed by atoms with Gasteiger partial charge in [0, 0.05) is 25.5 Å². The number of halogens is 3. The second kappa shape index (κ2) is 9.52. The summed E-state index contributed by atoms with van der Waals surface area (Å²) < 4.78 is 66.8. The zero-order valence-corrected chi connectivity index (χ0v) is 18.5. The lowest BCUT2D eigenvalue weighted by Crippen LogP contribution is -2.23. The molecule has 0 aliphatic carbocycles. The van der Waals surface area contributed by atoms with E-state index in [1.807, 2.05) is 12.1 Å². The molecule has 2 aromatic carbocycles. The normalized spacial score (nSPS) is 17.2. The topological polar surface area (TPSA) is 59.5 Å². The minimum Gasteiger partial charge on any atom is -0.406 e. The summed E-state index contributed by atoms with van der Waals surface area (Å²) in [5.74, 6) is -0.731. The van der Waals surface area contributed by atoms with Gasteiger partial charge in [-0.15, -0.1) is 13.2 Å². The van der Waals surface area contributed by atoms with Crippen molar-refractivity contribution < 1.29 is 26.3 Å². The highest BCUT2D eigenvalue weighted by Gasteiger charge is 2.32. The van der Waals surface area contributed by atoms with Crippen molar-refractivity contribution in [1.29, 1.82) is 0 Å². The molecule has 1 saturated heterocycles. The van der Waals surface area contributed by atoms with Gasteiger partial charge in [-0.25, -0.2) is 8.42 Å². The number of nitrogens with zero attached hydrogens (tertiary/aromatic N) is 2. The van der Waals surface area contributed by atoms with Crippen LogP contribution >= 0.6 is 0 Å². The Bertz CT molecular complexity index is 1180. The maximum absolute atomic E-state index is 12.8. The van der Waals surface area contributed by atoms with Crippen LogP contribution in [0.15, 0.2) is 78.0 Å². The Balaban J connectivity index is 1.35. The standard InChI is InChI=1S/C24H23F3N2O3S/c25-24(26,27)32-22-2-1-3-23(14-22)33(30,31)17-19-10-13-29(16-19)15-18-4-6-20(7-5-18)21-8-11-28-12-9-21/h1-9,11-12,14,19H,10,13,15-17H2/t19-/m1/s1. The Morgan fingerprint density at radius 1 is 1.00 bits per heavy atom. The first kappa shape index (κ1) is 23.3. The molecule has 33 heavy (non-hydrogen) atoms. The van der Waals surface area contributed by atoms with E-state index in [2.05, 4.69) is 38.9 Å². The van der Waals surface area contributed by atoms with E-state index >= 15 is 0 Å². The van der Waals surface area contributed by atoms with Gasteiger partial charge in [-0.3, -0.25) is 9.88 Å². The lowest BCUT2D eigenvalue weighted by molar-refractivity contribution is -0.274. The van der Waals surface area contributed by atoms with E-state index in [1.54, 1.807) is 12.4 Å². The molecule has 1 atom stereocenters. The molecule has 0 radical (unpaired) electrons. The summed E-state index contributed by atoms with van der Waals surface area (Å²) in [6.07, 6.45) is -0.652. The number of likely N-dealkylation sites (tertiary alicyclic amines) is 1. The number of pyridine rings is 1. The molecule has 1 aliphatic rings. The van der Waals surface area contributed by atoms with Gasteiger partial charge in [0.05, 0.1) is 10.6 Å². The molecular formula is C24H23F3N2O3S. The number of sulfone groups is 1. The van der Waals surface area contributed by atoms with Crippen LogP contribution in [0, 0.1) is 5.92 Å². The Morgan fingerprint density at radius 3 is 2.39 bits per heavy atom. The Labute approximate surface area is 190 Å². The fourth-order valence-electron chi connectivity index (χ4n) is 4.07. The highest BCUT2D eigenvalue weighted by molar-refractivity contribution is 7.91.